The Morgan fingerprint density at radius 2 is 1.82 bits per heavy atom. The van der Waals surface area contributed by atoms with Crippen LogP contribution in [0, 0.1) is 0 Å². The summed E-state index contributed by atoms with van der Waals surface area (Å²) in [7, 11) is 2.52. The maximum Gasteiger partial charge on any atom is 0.416 e. The molecule has 0 aromatic heterocycles. The molecule has 5 nitrogen and oxygen atoms in total. The lowest BCUT2D eigenvalue weighted by Gasteiger charge is -2.13. The lowest BCUT2D eigenvalue weighted by atomic mass is 10.1. The predicted molar refractivity (Wildman–Crippen MR) is 70.5 cm³/mol. The summed E-state index contributed by atoms with van der Waals surface area (Å²) in [6.07, 6.45) is -3.39. The van der Waals surface area contributed by atoms with Crippen molar-refractivity contribution in [3.63, 3.8) is 0 Å². The number of unbranched alkanes of at least 4 members (excludes halogenated alkanes) is 1. The highest BCUT2D eigenvalue weighted by molar-refractivity contribution is 5.92. The smallest absolute Gasteiger partial charge is 0.416 e. The standard InChI is InChI=1S/C14H17F3O5/c1-19-13(18)11-6-5-10(14(15,16)17)9-12(11)21-7-3-4-8-22-20-2/h5-6,9H,3-4,7-8H2,1-2H3. The minimum absolute atomic E-state index is 0.0522. The molecule has 0 unspecified atom stereocenters. The largest absolute Gasteiger partial charge is 0.493 e. The molecule has 0 saturated heterocycles. The second kappa shape index (κ2) is 8.60. The fourth-order valence-electron chi connectivity index (χ4n) is 1.63. The third kappa shape index (κ3) is 5.53. The number of carbonyl (C=O) groups excluding carboxylic acids is 1. The summed E-state index contributed by atoms with van der Waals surface area (Å²) in [4.78, 5) is 20.6. The second-order valence-corrected chi connectivity index (χ2v) is 4.24. The lowest BCUT2D eigenvalue weighted by molar-refractivity contribution is -0.272. The van der Waals surface area contributed by atoms with Crippen molar-refractivity contribution in [2.45, 2.75) is 19.0 Å². The molecule has 0 aliphatic carbocycles. The van der Waals surface area contributed by atoms with E-state index in [2.05, 4.69) is 14.5 Å². The Bertz CT molecular complexity index is 488. The van der Waals surface area contributed by atoms with Crippen LogP contribution in [0.4, 0.5) is 13.2 Å². The summed E-state index contributed by atoms with van der Waals surface area (Å²) < 4.78 is 47.9. The van der Waals surface area contributed by atoms with Crippen molar-refractivity contribution in [3.05, 3.63) is 29.3 Å². The molecule has 1 aromatic rings. The molecule has 22 heavy (non-hydrogen) atoms. The highest BCUT2D eigenvalue weighted by Gasteiger charge is 2.32. The molecule has 1 aromatic carbocycles. The Labute approximate surface area is 125 Å². The highest BCUT2D eigenvalue weighted by Crippen LogP contribution is 2.33. The first-order valence-electron chi connectivity index (χ1n) is 6.48. The Kier molecular flexibility index (Phi) is 7.13. The van der Waals surface area contributed by atoms with Crippen molar-refractivity contribution in [2.24, 2.45) is 0 Å². The van der Waals surface area contributed by atoms with Gasteiger partial charge in [-0.2, -0.15) is 13.2 Å². The van der Waals surface area contributed by atoms with Gasteiger partial charge in [-0.1, -0.05) is 0 Å². The van der Waals surface area contributed by atoms with Crippen molar-refractivity contribution < 1.29 is 37.2 Å². The topological polar surface area (TPSA) is 54.0 Å². The minimum atomic E-state index is -4.51. The predicted octanol–water partition coefficient (Wildman–Crippen LogP) is 3.23. The highest BCUT2D eigenvalue weighted by atomic mass is 19.4. The van der Waals surface area contributed by atoms with Gasteiger partial charge in [0, 0.05) is 0 Å². The molecule has 0 heterocycles. The van der Waals surface area contributed by atoms with Gasteiger partial charge in [-0.25, -0.2) is 14.6 Å². The zero-order valence-electron chi connectivity index (χ0n) is 12.2. The van der Waals surface area contributed by atoms with Crippen LogP contribution >= 0.6 is 0 Å². The van der Waals surface area contributed by atoms with Crippen LogP contribution in [0.2, 0.25) is 0 Å². The van der Waals surface area contributed by atoms with Crippen molar-refractivity contribution >= 4 is 5.97 Å². The summed E-state index contributed by atoms with van der Waals surface area (Å²) in [6.45, 7) is 0.477. The third-order valence-corrected chi connectivity index (χ3v) is 2.71. The van der Waals surface area contributed by atoms with E-state index in [1.165, 1.54) is 7.11 Å². The van der Waals surface area contributed by atoms with Gasteiger partial charge in [0.2, 0.25) is 0 Å². The molecule has 0 aliphatic heterocycles. The van der Waals surface area contributed by atoms with Crippen LogP contribution in [0.3, 0.4) is 0 Å². The fraction of sp³-hybridized carbons (Fsp3) is 0.500. The summed E-state index contributed by atoms with van der Waals surface area (Å²) in [5, 5.41) is 0. The summed E-state index contributed by atoms with van der Waals surface area (Å²) in [6, 6.07) is 2.64. The van der Waals surface area contributed by atoms with Gasteiger partial charge in [0.05, 0.1) is 33.0 Å². The second-order valence-electron chi connectivity index (χ2n) is 4.24. The number of ether oxygens (including phenoxy) is 2. The molecule has 0 radical (unpaired) electrons. The zero-order valence-corrected chi connectivity index (χ0v) is 12.2. The van der Waals surface area contributed by atoms with E-state index in [0.29, 0.717) is 19.4 Å². The van der Waals surface area contributed by atoms with E-state index >= 15 is 0 Å². The zero-order chi connectivity index (χ0) is 16.6. The third-order valence-electron chi connectivity index (χ3n) is 2.71. The lowest BCUT2D eigenvalue weighted by Crippen LogP contribution is -2.11. The quantitative estimate of drug-likeness (QED) is 0.318. The Hall–Kier alpha value is -1.80. The Balaban J connectivity index is 2.77. The van der Waals surface area contributed by atoms with Gasteiger partial charge < -0.3 is 9.47 Å². The molecular weight excluding hydrogens is 305 g/mol. The number of alkyl halides is 3. The fourth-order valence-corrected chi connectivity index (χ4v) is 1.63. The van der Waals surface area contributed by atoms with Crippen LogP contribution in [0.15, 0.2) is 18.2 Å². The van der Waals surface area contributed by atoms with Crippen molar-refractivity contribution in [3.8, 4) is 5.75 Å². The molecule has 1 rings (SSSR count). The van der Waals surface area contributed by atoms with E-state index in [9.17, 15) is 18.0 Å². The maximum atomic E-state index is 12.7. The van der Waals surface area contributed by atoms with Crippen LogP contribution in [0.25, 0.3) is 0 Å². The molecule has 124 valence electrons. The number of rotatable bonds is 8. The van der Waals surface area contributed by atoms with Crippen LogP contribution < -0.4 is 4.74 Å². The van der Waals surface area contributed by atoms with E-state index in [1.54, 1.807) is 0 Å². The molecule has 0 fully saturated rings. The summed E-state index contributed by atoms with van der Waals surface area (Å²) in [5.41, 5.74) is -0.943. The molecule has 0 amide bonds. The number of halogens is 3. The number of hydrogen-bond donors (Lipinski definition) is 0. The van der Waals surface area contributed by atoms with E-state index in [-0.39, 0.29) is 17.9 Å². The number of carbonyl (C=O) groups is 1. The average molecular weight is 322 g/mol. The first kappa shape index (κ1) is 18.2. The first-order valence-corrected chi connectivity index (χ1v) is 6.48. The van der Waals surface area contributed by atoms with Gasteiger partial charge in [0.1, 0.15) is 11.3 Å². The van der Waals surface area contributed by atoms with E-state index in [0.717, 1.165) is 25.3 Å². The van der Waals surface area contributed by atoms with Gasteiger partial charge in [-0.05, 0) is 31.0 Å². The number of benzene rings is 1. The molecule has 0 saturated carbocycles. The van der Waals surface area contributed by atoms with Gasteiger partial charge in [-0.3, -0.25) is 0 Å². The van der Waals surface area contributed by atoms with E-state index in [1.807, 2.05) is 0 Å². The average Bonchev–Trinajstić information content (AvgIpc) is 2.49. The monoisotopic (exact) mass is 322 g/mol. The SMILES string of the molecule is COOCCCCOc1cc(C(F)(F)F)ccc1C(=O)OC. The van der Waals surface area contributed by atoms with Gasteiger partial charge in [0.15, 0.2) is 0 Å². The molecule has 0 aliphatic rings. The maximum absolute atomic E-state index is 12.7. The number of hydrogen-bond acceptors (Lipinski definition) is 5. The molecule has 0 atom stereocenters. The Morgan fingerprint density at radius 3 is 2.41 bits per heavy atom. The van der Waals surface area contributed by atoms with E-state index in [4.69, 9.17) is 4.74 Å². The van der Waals surface area contributed by atoms with E-state index < -0.39 is 17.7 Å². The number of methoxy groups -OCH3 is 1. The van der Waals surface area contributed by atoms with Crippen molar-refractivity contribution in [1.82, 2.24) is 0 Å². The van der Waals surface area contributed by atoms with Gasteiger partial charge in [-0.15, -0.1) is 0 Å². The summed E-state index contributed by atoms with van der Waals surface area (Å²) >= 11 is 0. The van der Waals surface area contributed by atoms with Crippen molar-refractivity contribution in [2.75, 3.05) is 27.4 Å². The van der Waals surface area contributed by atoms with Crippen LogP contribution in [-0.2, 0) is 20.7 Å². The van der Waals surface area contributed by atoms with Crippen LogP contribution in [0.1, 0.15) is 28.8 Å². The number of esters is 1. The Morgan fingerprint density at radius 1 is 1.14 bits per heavy atom. The molecule has 0 bridgehead atoms. The summed E-state index contributed by atoms with van der Waals surface area (Å²) in [5.74, 6) is -0.916. The molecule has 0 N–H and O–H groups in total. The first-order chi connectivity index (χ1) is 10.4. The molecular formula is C14H17F3O5. The molecule has 0 spiro atoms. The van der Waals surface area contributed by atoms with Crippen LogP contribution in [0.5, 0.6) is 5.75 Å². The van der Waals surface area contributed by atoms with Gasteiger partial charge in [0.25, 0.3) is 0 Å². The van der Waals surface area contributed by atoms with Crippen LogP contribution in [-0.4, -0.2) is 33.4 Å². The molecule has 8 heteroatoms. The minimum Gasteiger partial charge on any atom is -0.493 e. The van der Waals surface area contributed by atoms with Gasteiger partial charge >= 0.3 is 12.1 Å². The van der Waals surface area contributed by atoms with Crippen molar-refractivity contribution in [1.29, 1.82) is 0 Å². The normalized spacial score (nSPS) is 11.3.